The number of hydrogen-bond donors (Lipinski definition) is 0. The van der Waals surface area contributed by atoms with Gasteiger partial charge in [-0.3, -0.25) is 9.00 Å². The molecular weight excluding hydrogens is 515 g/mol. The second-order valence-corrected chi connectivity index (χ2v) is 9.57. The highest BCUT2D eigenvalue weighted by Gasteiger charge is 2.39. The molecule has 1 heterocycles. The Balaban J connectivity index is 1.94. The van der Waals surface area contributed by atoms with Crippen molar-refractivity contribution in [3.05, 3.63) is 34.2 Å². The molecule has 14 heteroatoms. The third-order valence-electron chi connectivity index (χ3n) is 5.31. The number of carbonyl (C=O) groups excluding carboxylic acids is 2. The van der Waals surface area contributed by atoms with Crippen LogP contribution < -0.4 is 4.90 Å². The largest absolute Gasteiger partial charge is 0.510 e. The van der Waals surface area contributed by atoms with Crippen molar-refractivity contribution >= 4 is 40.5 Å². The summed E-state index contributed by atoms with van der Waals surface area (Å²) in [6.07, 6.45) is -2.32. The lowest BCUT2D eigenvalue weighted by atomic mass is 9.98. The molecule has 0 N–H and O–H groups in total. The van der Waals surface area contributed by atoms with E-state index in [9.17, 15) is 27.0 Å². The minimum atomic E-state index is -4.85. The van der Waals surface area contributed by atoms with Gasteiger partial charge in [0.1, 0.15) is 6.10 Å². The fourth-order valence-electron chi connectivity index (χ4n) is 3.69. The molecule has 2 atom stereocenters. The van der Waals surface area contributed by atoms with Crippen LogP contribution in [0.1, 0.15) is 60.8 Å². The third-order valence-corrected chi connectivity index (χ3v) is 6.81. The standard InChI is InChI=1S/C21H23ClF3N3O6S/c1-11-26-27-19(32-11)28(12(2)33-20(30)34-13-7-5-4-6-8-13)18(29)14-9-10-15(21(23,24)25)17(16(14)22)35(3)31/h9-10,12-13H,4-8H2,1-3H3. The van der Waals surface area contributed by atoms with Gasteiger partial charge in [-0.2, -0.15) is 13.2 Å². The molecule has 192 valence electrons. The molecule has 2 unspecified atom stereocenters. The molecule has 1 aliphatic rings. The predicted molar refractivity (Wildman–Crippen MR) is 119 cm³/mol. The summed E-state index contributed by atoms with van der Waals surface area (Å²) in [7, 11) is -2.18. The van der Waals surface area contributed by atoms with Gasteiger partial charge >= 0.3 is 18.3 Å². The van der Waals surface area contributed by atoms with Crippen LogP contribution >= 0.6 is 11.6 Å². The number of benzene rings is 1. The van der Waals surface area contributed by atoms with Crippen LogP contribution in [-0.4, -0.2) is 45.1 Å². The van der Waals surface area contributed by atoms with Crippen molar-refractivity contribution in [1.29, 1.82) is 0 Å². The second-order valence-electron chi connectivity index (χ2n) is 7.88. The first-order chi connectivity index (χ1) is 16.4. The third kappa shape index (κ3) is 6.31. The predicted octanol–water partition coefficient (Wildman–Crippen LogP) is 5.27. The zero-order valence-corrected chi connectivity index (χ0v) is 20.6. The Morgan fingerprint density at radius 1 is 1.23 bits per heavy atom. The lowest BCUT2D eigenvalue weighted by Crippen LogP contribution is -2.42. The van der Waals surface area contributed by atoms with E-state index in [1.165, 1.54) is 13.8 Å². The Kier molecular flexibility index (Phi) is 8.42. The summed E-state index contributed by atoms with van der Waals surface area (Å²) in [5.41, 5.74) is -1.67. The van der Waals surface area contributed by atoms with E-state index in [-0.39, 0.29) is 18.0 Å². The molecule has 1 aromatic heterocycles. The molecule has 0 radical (unpaired) electrons. The number of ether oxygens (including phenoxy) is 2. The van der Waals surface area contributed by atoms with Crippen LogP contribution in [0.15, 0.2) is 21.4 Å². The first-order valence-corrected chi connectivity index (χ1v) is 12.6. The zero-order chi connectivity index (χ0) is 25.9. The summed E-state index contributed by atoms with van der Waals surface area (Å²) in [6, 6.07) is 1.06. The fourth-order valence-corrected chi connectivity index (χ4v) is 5.11. The number of carbonyl (C=O) groups is 2. The molecule has 9 nitrogen and oxygen atoms in total. The average molecular weight is 538 g/mol. The maximum Gasteiger partial charge on any atom is 0.510 e. The van der Waals surface area contributed by atoms with Gasteiger partial charge < -0.3 is 13.9 Å². The summed E-state index contributed by atoms with van der Waals surface area (Å²) in [5.74, 6) is -0.944. The maximum absolute atomic E-state index is 13.4. The normalized spacial score (nSPS) is 16.4. The number of alkyl halides is 3. The number of halogens is 4. The lowest BCUT2D eigenvalue weighted by molar-refractivity contribution is -0.139. The number of nitrogens with zero attached hydrogens (tertiary/aromatic N) is 3. The molecular formula is C21H23ClF3N3O6S. The second kappa shape index (κ2) is 10.9. The van der Waals surface area contributed by atoms with Gasteiger partial charge in [0.05, 0.1) is 31.8 Å². The van der Waals surface area contributed by atoms with Gasteiger partial charge in [-0.05, 0) is 44.7 Å². The average Bonchev–Trinajstić information content (AvgIpc) is 3.18. The van der Waals surface area contributed by atoms with Crippen LogP contribution in [0, 0.1) is 6.92 Å². The zero-order valence-electron chi connectivity index (χ0n) is 19.1. The molecule has 35 heavy (non-hydrogen) atoms. The fraction of sp³-hybridized carbons (Fsp3) is 0.524. The molecule has 1 fully saturated rings. The highest BCUT2D eigenvalue weighted by atomic mass is 35.5. The van der Waals surface area contributed by atoms with E-state index >= 15 is 0 Å². The van der Waals surface area contributed by atoms with E-state index in [2.05, 4.69) is 10.2 Å². The minimum Gasteiger partial charge on any atom is -0.431 e. The van der Waals surface area contributed by atoms with E-state index in [4.69, 9.17) is 25.5 Å². The summed E-state index contributed by atoms with van der Waals surface area (Å²) >= 11 is 6.15. The molecule has 2 aromatic rings. The van der Waals surface area contributed by atoms with Gasteiger partial charge in [-0.15, -0.1) is 5.10 Å². The highest BCUT2D eigenvalue weighted by Crippen LogP contribution is 2.39. The molecule has 0 saturated heterocycles. The van der Waals surface area contributed by atoms with Crippen LogP contribution in [0.2, 0.25) is 5.02 Å². The van der Waals surface area contributed by atoms with E-state index in [1.807, 2.05) is 0 Å². The van der Waals surface area contributed by atoms with Crippen molar-refractivity contribution < 1.29 is 40.9 Å². The molecule has 0 spiro atoms. The van der Waals surface area contributed by atoms with Gasteiger partial charge in [-0.25, -0.2) is 9.69 Å². The van der Waals surface area contributed by atoms with Crippen molar-refractivity contribution in [2.24, 2.45) is 0 Å². The molecule has 1 saturated carbocycles. The first kappa shape index (κ1) is 26.9. The van der Waals surface area contributed by atoms with Crippen LogP contribution in [-0.2, 0) is 26.4 Å². The SMILES string of the molecule is Cc1nnc(N(C(=O)c2ccc(C(F)(F)F)c(S(C)=O)c2Cl)C(C)OC(=O)OC2CCCCC2)o1. The van der Waals surface area contributed by atoms with Crippen molar-refractivity contribution in [1.82, 2.24) is 10.2 Å². The lowest BCUT2D eigenvalue weighted by Gasteiger charge is -2.27. The Morgan fingerprint density at radius 2 is 1.89 bits per heavy atom. The monoisotopic (exact) mass is 537 g/mol. The van der Waals surface area contributed by atoms with Crippen molar-refractivity contribution in [2.75, 3.05) is 11.2 Å². The summed E-state index contributed by atoms with van der Waals surface area (Å²) in [6.45, 7) is 2.77. The number of amides is 1. The Labute approximate surface area is 206 Å². The number of anilines is 1. The van der Waals surface area contributed by atoms with Gasteiger partial charge in [-0.1, -0.05) is 23.1 Å². The van der Waals surface area contributed by atoms with Gasteiger partial charge in [0, 0.05) is 13.2 Å². The smallest absolute Gasteiger partial charge is 0.431 e. The Bertz CT molecular complexity index is 1120. The minimum absolute atomic E-state index is 0.0728. The van der Waals surface area contributed by atoms with Crippen molar-refractivity contribution in [3.63, 3.8) is 0 Å². The molecule has 0 bridgehead atoms. The van der Waals surface area contributed by atoms with Crippen LogP contribution in [0.3, 0.4) is 0 Å². The summed E-state index contributed by atoms with van der Waals surface area (Å²) < 4.78 is 68.2. The van der Waals surface area contributed by atoms with Crippen LogP contribution in [0.25, 0.3) is 0 Å². The summed E-state index contributed by atoms with van der Waals surface area (Å²) in [5, 5.41) is 6.73. The Hall–Kier alpha value is -2.67. The van der Waals surface area contributed by atoms with Gasteiger partial charge in [0.15, 0.2) is 6.23 Å². The van der Waals surface area contributed by atoms with Gasteiger partial charge in [0.2, 0.25) is 5.89 Å². The van der Waals surface area contributed by atoms with Crippen LogP contribution in [0.5, 0.6) is 0 Å². The van der Waals surface area contributed by atoms with Gasteiger partial charge in [0.25, 0.3) is 5.91 Å². The first-order valence-electron chi connectivity index (χ1n) is 10.6. The van der Waals surface area contributed by atoms with E-state index < -0.39 is 56.3 Å². The quantitative estimate of drug-likeness (QED) is 0.362. The number of aromatic nitrogens is 2. The molecule has 1 aromatic carbocycles. The van der Waals surface area contributed by atoms with E-state index in [0.717, 1.165) is 36.5 Å². The molecule has 0 aliphatic heterocycles. The number of hydrogen-bond acceptors (Lipinski definition) is 8. The molecule has 1 amide bonds. The number of aryl methyl sites for hydroxylation is 1. The van der Waals surface area contributed by atoms with E-state index in [0.29, 0.717) is 18.9 Å². The highest BCUT2D eigenvalue weighted by molar-refractivity contribution is 7.84. The number of rotatable bonds is 6. The summed E-state index contributed by atoms with van der Waals surface area (Å²) in [4.78, 5) is 25.8. The topological polar surface area (TPSA) is 112 Å². The van der Waals surface area contributed by atoms with E-state index in [1.54, 1.807) is 0 Å². The van der Waals surface area contributed by atoms with Crippen LogP contribution in [0.4, 0.5) is 24.0 Å². The molecule has 1 aliphatic carbocycles. The van der Waals surface area contributed by atoms with Crippen molar-refractivity contribution in [3.8, 4) is 0 Å². The molecule has 3 rings (SSSR count). The Morgan fingerprint density at radius 3 is 2.43 bits per heavy atom. The van der Waals surface area contributed by atoms with Crippen molar-refractivity contribution in [2.45, 2.75) is 69.4 Å². The maximum atomic E-state index is 13.4.